The van der Waals surface area contributed by atoms with Crippen molar-refractivity contribution in [2.24, 2.45) is 0 Å². The first kappa shape index (κ1) is 73.5. The molecule has 0 heterocycles. The molecule has 0 saturated carbocycles. The summed E-state index contributed by atoms with van der Waals surface area (Å²) in [6.07, 6.45) is 91.7. The molecule has 0 aliphatic carbocycles. The number of rotatable bonds is 57. The topological polar surface area (TPSA) is 78.9 Å². The number of hydrogen-bond acceptors (Lipinski definition) is 6. The summed E-state index contributed by atoms with van der Waals surface area (Å²) in [5, 5.41) is 0. The molecule has 0 radical (unpaired) electrons. The minimum Gasteiger partial charge on any atom is -0.462 e. The van der Waals surface area contributed by atoms with Crippen molar-refractivity contribution in [1.29, 1.82) is 0 Å². The van der Waals surface area contributed by atoms with Crippen LogP contribution in [0.25, 0.3) is 0 Å². The summed E-state index contributed by atoms with van der Waals surface area (Å²) in [4.78, 5) is 38.3. The zero-order chi connectivity index (χ0) is 56.4. The molecular weight excluding hydrogens is 961 g/mol. The van der Waals surface area contributed by atoms with Crippen LogP contribution in [0.15, 0.2) is 134 Å². The van der Waals surface area contributed by atoms with E-state index >= 15 is 0 Å². The molecule has 1 atom stereocenters. The van der Waals surface area contributed by atoms with Crippen LogP contribution in [-0.2, 0) is 28.6 Å². The summed E-state index contributed by atoms with van der Waals surface area (Å²) in [6, 6.07) is 0. The van der Waals surface area contributed by atoms with Gasteiger partial charge in [-0.15, -0.1) is 0 Å². The lowest BCUT2D eigenvalue weighted by atomic mass is 10.1. The minimum absolute atomic E-state index is 0.107. The highest BCUT2D eigenvalue weighted by Crippen LogP contribution is 2.14. The van der Waals surface area contributed by atoms with Gasteiger partial charge in [-0.25, -0.2) is 0 Å². The standard InChI is InChI=1S/C72H118O6/c1-4-7-10-13-16-19-22-25-28-30-32-34-36-38-40-42-44-47-50-53-56-59-62-65-71(74)77-68-69(67-76-70(73)64-61-58-55-52-49-46-27-24-21-18-15-12-9-6-3)78-72(75)66-63-60-57-54-51-48-45-43-41-39-37-35-33-31-29-26-23-20-17-14-11-8-5-2/h7,10,16,19,23-28,31-34,37-40,44,47,53,56,69H,4-6,8-9,11-15,17-18,20-22,29-30,35-36,41-43,45-46,48-52,54-55,57-68H2,1-3H3/b10-7-,19-16-,26-23-,27-24-,28-25-,33-31-,34-32-,39-37-,40-38-,47-44-,56-53-. The second-order valence-electron chi connectivity index (χ2n) is 20.9. The van der Waals surface area contributed by atoms with E-state index in [2.05, 4.69) is 154 Å². The molecule has 0 saturated heterocycles. The Morgan fingerprint density at radius 2 is 0.513 bits per heavy atom. The summed E-state index contributed by atoms with van der Waals surface area (Å²) < 4.78 is 16.9. The molecule has 0 spiro atoms. The highest BCUT2D eigenvalue weighted by Gasteiger charge is 2.19. The minimum atomic E-state index is -0.815. The number of carbonyl (C=O) groups excluding carboxylic acids is 3. The maximum absolute atomic E-state index is 12.9. The van der Waals surface area contributed by atoms with Crippen molar-refractivity contribution in [2.75, 3.05) is 13.2 Å². The molecule has 6 heteroatoms. The average Bonchev–Trinajstić information content (AvgIpc) is 3.44. The van der Waals surface area contributed by atoms with Crippen molar-refractivity contribution < 1.29 is 28.6 Å². The Bertz CT molecular complexity index is 1670. The summed E-state index contributed by atoms with van der Waals surface area (Å²) in [6.45, 7) is 6.45. The van der Waals surface area contributed by atoms with Crippen molar-refractivity contribution in [3.63, 3.8) is 0 Å². The van der Waals surface area contributed by atoms with Crippen LogP contribution in [0.2, 0.25) is 0 Å². The molecule has 0 N–H and O–H groups in total. The van der Waals surface area contributed by atoms with Gasteiger partial charge in [-0.1, -0.05) is 264 Å². The van der Waals surface area contributed by atoms with Crippen molar-refractivity contribution in [2.45, 2.75) is 290 Å². The summed E-state index contributed by atoms with van der Waals surface area (Å²) >= 11 is 0. The molecular formula is C72H118O6. The Balaban J connectivity index is 4.49. The van der Waals surface area contributed by atoms with Crippen LogP contribution < -0.4 is 0 Å². The van der Waals surface area contributed by atoms with E-state index in [1.807, 2.05) is 0 Å². The van der Waals surface area contributed by atoms with E-state index < -0.39 is 6.10 Å². The lowest BCUT2D eigenvalue weighted by Crippen LogP contribution is -2.30. The quantitative estimate of drug-likeness (QED) is 0.0261. The fourth-order valence-corrected chi connectivity index (χ4v) is 8.55. The van der Waals surface area contributed by atoms with E-state index in [1.165, 1.54) is 116 Å². The second-order valence-corrected chi connectivity index (χ2v) is 20.9. The van der Waals surface area contributed by atoms with Crippen LogP contribution in [-0.4, -0.2) is 37.2 Å². The first-order valence-corrected chi connectivity index (χ1v) is 32.2. The third-order valence-electron chi connectivity index (χ3n) is 13.4. The molecule has 0 aromatic heterocycles. The summed E-state index contributed by atoms with van der Waals surface area (Å²) in [7, 11) is 0. The molecule has 0 fully saturated rings. The highest BCUT2D eigenvalue weighted by molar-refractivity contribution is 5.71. The molecule has 1 unspecified atom stereocenters. The number of ether oxygens (including phenoxy) is 3. The molecule has 0 aromatic rings. The molecule has 6 nitrogen and oxygen atoms in total. The van der Waals surface area contributed by atoms with Crippen molar-refractivity contribution in [1.82, 2.24) is 0 Å². The Kier molecular flexibility index (Phi) is 61.4. The highest BCUT2D eigenvalue weighted by atomic mass is 16.6. The average molecular weight is 1080 g/mol. The first-order chi connectivity index (χ1) is 38.5. The number of esters is 3. The predicted octanol–water partition coefficient (Wildman–Crippen LogP) is 22.2. The van der Waals surface area contributed by atoms with Gasteiger partial charge >= 0.3 is 17.9 Å². The van der Waals surface area contributed by atoms with Gasteiger partial charge in [0.05, 0.1) is 0 Å². The molecule has 442 valence electrons. The fraction of sp³-hybridized carbons (Fsp3) is 0.653. The van der Waals surface area contributed by atoms with E-state index in [-0.39, 0.29) is 37.5 Å². The lowest BCUT2D eigenvalue weighted by Gasteiger charge is -2.18. The monoisotopic (exact) mass is 1080 g/mol. The van der Waals surface area contributed by atoms with Crippen LogP contribution >= 0.6 is 0 Å². The number of carbonyl (C=O) groups is 3. The van der Waals surface area contributed by atoms with E-state index in [9.17, 15) is 14.4 Å². The smallest absolute Gasteiger partial charge is 0.306 e. The summed E-state index contributed by atoms with van der Waals surface area (Å²) in [5.74, 6) is -0.982. The van der Waals surface area contributed by atoms with E-state index in [1.54, 1.807) is 0 Å². The number of allylic oxidation sites excluding steroid dienone is 22. The predicted molar refractivity (Wildman–Crippen MR) is 339 cm³/mol. The molecule has 0 amide bonds. The van der Waals surface area contributed by atoms with Gasteiger partial charge in [0, 0.05) is 19.3 Å². The Labute approximate surface area is 481 Å². The van der Waals surface area contributed by atoms with Gasteiger partial charge in [-0.2, -0.15) is 0 Å². The van der Waals surface area contributed by atoms with Gasteiger partial charge in [-0.3, -0.25) is 14.4 Å². The van der Waals surface area contributed by atoms with Gasteiger partial charge < -0.3 is 14.2 Å². The number of unbranched alkanes of at least 4 members (excludes halogenated alkanes) is 24. The van der Waals surface area contributed by atoms with Crippen molar-refractivity contribution in [3.8, 4) is 0 Å². The normalized spacial score (nSPS) is 13.0. The van der Waals surface area contributed by atoms with Crippen LogP contribution in [0.3, 0.4) is 0 Å². The lowest BCUT2D eigenvalue weighted by molar-refractivity contribution is -0.167. The molecule has 0 bridgehead atoms. The third-order valence-corrected chi connectivity index (χ3v) is 13.4. The maximum atomic E-state index is 12.9. The fourth-order valence-electron chi connectivity index (χ4n) is 8.55. The van der Waals surface area contributed by atoms with Gasteiger partial charge in [0.2, 0.25) is 0 Å². The second kappa shape index (κ2) is 65.1. The van der Waals surface area contributed by atoms with Gasteiger partial charge in [0.15, 0.2) is 6.10 Å². The Morgan fingerprint density at radius 1 is 0.269 bits per heavy atom. The van der Waals surface area contributed by atoms with Crippen LogP contribution in [0.4, 0.5) is 0 Å². The molecule has 0 aliphatic rings. The van der Waals surface area contributed by atoms with Crippen LogP contribution in [0.1, 0.15) is 284 Å². The molecule has 78 heavy (non-hydrogen) atoms. The van der Waals surface area contributed by atoms with E-state index in [0.717, 1.165) is 122 Å². The van der Waals surface area contributed by atoms with Gasteiger partial charge in [-0.05, 0) is 135 Å². The Hall–Kier alpha value is -4.45. The van der Waals surface area contributed by atoms with E-state index in [0.29, 0.717) is 19.3 Å². The van der Waals surface area contributed by atoms with Crippen molar-refractivity contribution in [3.05, 3.63) is 134 Å². The zero-order valence-corrected chi connectivity index (χ0v) is 50.6. The first-order valence-electron chi connectivity index (χ1n) is 32.2. The van der Waals surface area contributed by atoms with Crippen LogP contribution in [0, 0.1) is 0 Å². The maximum Gasteiger partial charge on any atom is 0.306 e. The molecule has 0 aliphatic heterocycles. The van der Waals surface area contributed by atoms with Crippen molar-refractivity contribution >= 4 is 17.9 Å². The molecule has 0 aromatic carbocycles. The SMILES string of the molecule is CC/C=C\C/C=C\C/C=C\C/C=C\C/C=C\C/C=C\C/C=C\CCCC(=O)OCC(COC(=O)CCCCCCC/C=C\CCCCCCC)OC(=O)CCCCCCCCCC/C=C\C/C=C\C/C=C\CCCCCCC. The van der Waals surface area contributed by atoms with E-state index in [4.69, 9.17) is 14.2 Å². The van der Waals surface area contributed by atoms with Gasteiger partial charge in [0.25, 0.3) is 0 Å². The molecule has 0 rings (SSSR count). The van der Waals surface area contributed by atoms with Gasteiger partial charge in [0.1, 0.15) is 13.2 Å². The van der Waals surface area contributed by atoms with Crippen LogP contribution in [0.5, 0.6) is 0 Å². The Morgan fingerprint density at radius 3 is 0.846 bits per heavy atom. The largest absolute Gasteiger partial charge is 0.462 e. The summed E-state index contributed by atoms with van der Waals surface area (Å²) in [5.41, 5.74) is 0. The third kappa shape index (κ3) is 62.4. The zero-order valence-electron chi connectivity index (χ0n) is 50.6. The number of hydrogen-bond donors (Lipinski definition) is 0.